The summed E-state index contributed by atoms with van der Waals surface area (Å²) in [6, 6.07) is 0. The van der Waals surface area contributed by atoms with Gasteiger partial charge in [-0.3, -0.25) is 4.68 Å². The lowest BCUT2D eigenvalue weighted by atomic mass is 10.1. The number of sulfone groups is 1. The Hall–Kier alpha value is -0.880. The second kappa shape index (κ2) is 4.78. The largest absolute Gasteiger partial charge is 0.312 e. The number of nitrogens with one attached hydrogen (secondary N) is 1. The van der Waals surface area contributed by atoms with Gasteiger partial charge in [0.1, 0.15) is 0 Å². The predicted octanol–water partition coefficient (Wildman–Crippen LogP) is 0.253. The number of aryl methyl sites for hydroxylation is 2. The standard InChI is InChI=1S/C11H19N3O2S/c1-9-11(7-14(2)13-9)6-12-5-10-3-4-17(15,16)8-10/h7,10,12H,3-6,8H2,1-2H3. The minimum absolute atomic E-state index is 0.275. The van der Waals surface area contributed by atoms with Crippen LogP contribution in [0.5, 0.6) is 0 Å². The molecule has 0 spiro atoms. The van der Waals surface area contributed by atoms with E-state index in [0.717, 1.165) is 25.2 Å². The normalized spacial score (nSPS) is 23.1. The molecule has 1 aliphatic heterocycles. The van der Waals surface area contributed by atoms with Crippen LogP contribution < -0.4 is 5.32 Å². The fraction of sp³-hybridized carbons (Fsp3) is 0.727. The van der Waals surface area contributed by atoms with E-state index in [4.69, 9.17) is 0 Å². The fourth-order valence-electron chi connectivity index (χ4n) is 2.27. The third-order valence-electron chi connectivity index (χ3n) is 3.19. The van der Waals surface area contributed by atoms with Gasteiger partial charge in [-0.2, -0.15) is 5.10 Å². The first-order valence-corrected chi connectivity index (χ1v) is 7.69. The summed E-state index contributed by atoms with van der Waals surface area (Å²) in [5, 5.41) is 7.58. The predicted molar refractivity (Wildman–Crippen MR) is 66.4 cm³/mol. The van der Waals surface area contributed by atoms with Crippen LogP contribution in [-0.2, 0) is 23.4 Å². The molecule has 1 saturated heterocycles. The molecule has 0 aliphatic carbocycles. The van der Waals surface area contributed by atoms with Crippen molar-refractivity contribution >= 4 is 9.84 Å². The number of rotatable bonds is 4. The maximum Gasteiger partial charge on any atom is 0.150 e. The molecule has 1 aromatic rings. The Labute approximate surface area is 102 Å². The van der Waals surface area contributed by atoms with E-state index in [0.29, 0.717) is 11.5 Å². The highest BCUT2D eigenvalue weighted by Crippen LogP contribution is 2.17. The minimum Gasteiger partial charge on any atom is -0.312 e. The van der Waals surface area contributed by atoms with Crippen LogP contribution in [0, 0.1) is 12.8 Å². The highest BCUT2D eigenvalue weighted by Gasteiger charge is 2.27. The summed E-state index contributed by atoms with van der Waals surface area (Å²) in [5.41, 5.74) is 2.20. The first-order chi connectivity index (χ1) is 7.96. The van der Waals surface area contributed by atoms with E-state index in [2.05, 4.69) is 10.4 Å². The summed E-state index contributed by atoms with van der Waals surface area (Å²) in [4.78, 5) is 0. The Morgan fingerprint density at radius 1 is 1.59 bits per heavy atom. The third-order valence-corrected chi connectivity index (χ3v) is 5.03. The van der Waals surface area contributed by atoms with Gasteiger partial charge in [0.05, 0.1) is 17.2 Å². The molecular weight excluding hydrogens is 238 g/mol. The summed E-state index contributed by atoms with van der Waals surface area (Å²) in [5.74, 6) is 0.967. The molecule has 1 atom stereocenters. The molecule has 1 aromatic heterocycles. The number of hydrogen-bond donors (Lipinski definition) is 1. The van der Waals surface area contributed by atoms with Crippen LogP contribution in [-0.4, -0.2) is 36.2 Å². The van der Waals surface area contributed by atoms with Crippen molar-refractivity contribution in [3.8, 4) is 0 Å². The van der Waals surface area contributed by atoms with E-state index < -0.39 is 9.84 Å². The molecule has 0 radical (unpaired) electrons. The SMILES string of the molecule is Cc1nn(C)cc1CNCC1CCS(=O)(=O)C1. The maximum absolute atomic E-state index is 11.3. The zero-order valence-electron chi connectivity index (χ0n) is 10.3. The van der Waals surface area contributed by atoms with Gasteiger partial charge in [0, 0.05) is 25.4 Å². The summed E-state index contributed by atoms with van der Waals surface area (Å²) in [6.07, 6.45) is 2.79. The molecule has 1 N–H and O–H groups in total. The molecule has 6 heteroatoms. The molecule has 96 valence electrons. The molecule has 2 rings (SSSR count). The monoisotopic (exact) mass is 257 g/mol. The second-order valence-corrected chi connectivity index (χ2v) is 7.04. The topological polar surface area (TPSA) is 64.0 Å². The number of hydrogen-bond acceptors (Lipinski definition) is 4. The fourth-order valence-corrected chi connectivity index (χ4v) is 4.13. The van der Waals surface area contributed by atoms with Gasteiger partial charge in [0.2, 0.25) is 0 Å². The van der Waals surface area contributed by atoms with E-state index in [1.807, 2.05) is 20.2 Å². The Bertz CT molecular complexity index is 493. The Balaban J connectivity index is 1.79. The third kappa shape index (κ3) is 3.29. The van der Waals surface area contributed by atoms with Crippen LogP contribution in [0.25, 0.3) is 0 Å². The first kappa shape index (κ1) is 12.6. The lowest BCUT2D eigenvalue weighted by Gasteiger charge is -2.08. The average molecular weight is 257 g/mol. The van der Waals surface area contributed by atoms with Crippen LogP contribution in [0.15, 0.2) is 6.20 Å². The van der Waals surface area contributed by atoms with Crippen LogP contribution in [0.1, 0.15) is 17.7 Å². The molecule has 2 heterocycles. The highest BCUT2D eigenvalue weighted by atomic mass is 32.2. The molecule has 1 aliphatic rings. The zero-order chi connectivity index (χ0) is 12.5. The smallest absolute Gasteiger partial charge is 0.150 e. The number of nitrogens with zero attached hydrogens (tertiary/aromatic N) is 2. The molecule has 0 amide bonds. The first-order valence-electron chi connectivity index (χ1n) is 5.86. The molecule has 0 aromatic carbocycles. The van der Waals surface area contributed by atoms with E-state index in [1.54, 1.807) is 4.68 Å². The van der Waals surface area contributed by atoms with Gasteiger partial charge < -0.3 is 5.32 Å². The van der Waals surface area contributed by atoms with E-state index in [-0.39, 0.29) is 5.92 Å². The van der Waals surface area contributed by atoms with Crippen molar-refractivity contribution in [3.63, 3.8) is 0 Å². The van der Waals surface area contributed by atoms with Crippen molar-refractivity contribution in [2.75, 3.05) is 18.1 Å². The molecule has 0 bridgehead atoms. The number of aromatic nitrogens is 2. The maximum atomic E-state index is 11.3. The summed E-state index contributed by atoms with van der Waals surface area (Å²) in [7, 11) is -0.848. The van der Waals surface area contributed by atoms with Crippen molar-refractivity contribution in [2.45, 2.75) is 19.9 Å². The van der Waals surface area contributed by atoms with Gasteiger partial charge in [-0.15, -0.1) is 0 Å². The average Bonchev–Trinajstić information content (AvgIpc) is 2.71. The van der Waals surface area contributed by atoms with Crippen LogP contribution in [0.4, 0.5) is 0 Å². The Morgan fingerprint density at radius 3 is 2.88 bits per heavy atom. The van der Waals surface area contributed by atoms with Crippen LogP contribution >= 0.6 is 0 Å². The lowest BCUT2D eigenvalue weighted by Crippen LogP contribution is -2.23. The lowest BCUT2D eigenvalue weighted by molar-refractivity contribution is 0.520. The van der Waals surface area contributed by atoms with Gasteiger partial charge in [0.25, 0.3) is 0 Å². The van der Waals surface area contributed by atoms with Crippen molar-refractivity contribution in [2.24, 2.45) is 13.0 Å². The van der Waals surface area contributed by atoms with Gasteiger partial charge in [0.15, 0.2) is 9.84 Å². The van der Waals surface area contributed by atoms with Gasteiger partial charge in [-0.25, -0.2) is 8.42 Å². The quantitative estimate of drug-likeness (QED) is 0.840. The van der Waals surface area contributed by atoms with Gasteiger partial charge >= 0.3 is 0 Å². The Morgan fingerprint density at radius 2 is 2.35 bits per heavy atom. The molecular formula is C11H19N3O2S. The van der Waals surface area contributed by atoms with E-state index in [9.17, 15) is 8.42 Å². The van der Waals surface area contributed by atoms with E-state index >= 15 is 0 Å². The highest BCUT2D eigenvalue weighted by molar-refractivity contribution is 7.91. The van der Waals surface area contributed by atoms with Crippen molar-refractivity contribution in [3.05, 3.63) is 17.5 Å². The van der Waals surface area contributed by atoms with Crippen molar-refractivity contribution in [1.82, 2.24) is 15.1 Å². The van der Waals surface area contributed by atoms with Gasteiger partial charge in [-0.05, 0) is 25.8 Å². The van der Waals surface area contributed by atoms with E-state index in [1.165, 1.54) is 5.56 Å². The van der Waals surface area contributed by atoms with Gasteiger partial charge in [-0.1, -0.05) is 0 Å². The van der Waals surface area contributed by atoms with Crippen molar-refractivity contribution in [1.29, 1.82) is 0 Å². The zero-order valence-corrected chi connectivity index (χ0v) is 11.1. The molecule has 0 saturated carbocycles. The Kier molecular flexibility index (Phi) is 3.53. The summed E-state index contributed by atoms with van der Waals surface area (Å²) < 4.78 is 24.4. The summed E-state index contributed by atoms with van der Waals surface area (Å²) in [6.45, 7) is 3.51. The van der Waals surface area contributed by atoms with Crippen LogP contribution in [0.3, 0.4) is 0 Å². The molecule has 1 fully saturated rings. The minimum atomic E-state index is -2.75. The molecule has 17 heavy (non-hydrogen) atoms. The molecule has 5 nitrogen and oxygen atoms in total. The van der Waals surface area contributed by atoms with Crippen molar-refractivity contribution < 1.29 is 8.42 Å². The molecule has 1 unspecified atom stereocenters. The van der Waals surface area contributed by atoms with Crippen LogP contribution in [0.2, 0.25) is 0 Å². The second-order valence-electron chi connectivity index (χ2n) is 4.81. The summed E-state index contributed by atoms with van der Waals surface area (Å²) >= 11 is 0.